The summed E-state index contributed by atoms with van der Waals surface area (Å²) in [5, 5.41) is 0. The van der Waals surface area contributed by atoms with Gasteiger partial charge in [-0.1, -0.05) is 18.9 Å². The van der Waals surface area contributed by atoms with Crippen LogP contribution < -0.4 is 0 Å². The molecule has 2 aromatic heterocycles. The van der Waals surface area contributed by atoms with Crippen LogP contribution in [0.4, 0.5) is 0 Å². The van der Waals surface area contributed by atoms with Crippen molar-refractivity contribution in [2.24, 2.45) is 0 Å². The molecule has 0 aromatic carbocycles. The molecule has 2 heterocycles. The molecule has 0 atom stereocenters. The van der Waals surface area contributed by atoms with Gasteiger partial charge in [-0.15, -0.1) is 0 Å². The number of hydrogen-bond donors (Lipinski definition) is 0. The first-order chi connectivity index (χ1) is 7.36. The summed E-state index contributed by atoms with van der Waals surface area (Å²) in [6.45, 7) is 0. The molecule has 3 rings (SSSR count). The maximum absolute atomic E-state index is 4.65. The molecule has 0 bridgehead atoms. The second-order valence-corrected chi connectivity index (χ2v) is 4.95. The summed E-state index contributed by atoms with van der Waals surface area (Å²) in [6, 6.07) is 6.23. The third-order valence-corrected chi connectivity index (χ3v) is 3.83. The number of hydrogen-bond acceptors (Lipinski definition) is 1. The summed E-state index contributed by atoms with van der Waals surface area (Å²) in [4.78, 5) is 4.65. The summed E-state index contributed by atoms with van der Waals surface area (Å²) >= 11 is 3.53. The minimum atomic E-state index is 0.659. The van der Waals surface area contributed by atoms with E-state index in [1.807, 2.05) is 0 Å². The lowest BCUT2D eigenvalue weighted by Crippen LogP contribution is -1.99. The highest BCUT2D eigenvalue weighted by molar-refractivity contribution is 9.10. The number of halogens is 1. The largest absolute Gasteiger partial charge is 0.302 e. The Labute approximate surface area is 97.5 Å². The second kappa shape index (κ2) is 3.63. The number of nitrogens with zero attached hydrogens (tertiary/aromatic N) is 2. The topological polar surface area (TPSA) is 17.3 Å². The molecular formula is C12H13BrN2. The van der Waals surface area contributed by atoms with Gasteiger partial charge in [-0.05, 0) is 40.9 Å². The molecule has 1 fully saturated rings. The molecule has 15 heavy (non-hydrogen) atoms. The van der Waals surface area contributed by atoms with Crippen LogP contribution in [0.1, 0.15) is 37.4 Å². The first kappa shape index (κ1) is 9.40. The first-order valence-electron chi connectivity index (χ1n) is 5.49. The number of pyridine rings is 1. The molecule has 0 N–H and O–H groups in total. The van der Waals surface area contributed by atoms with E-state index in [2.05, 4.69) is 49.7 Å². The molecule has 0 radical (unpaired) electrons. The van der Waals surface area contributed by atoms with Crippen molar-refractivity contribution in [3.63, 3.8) is 0 Å². The van der Waals surface area contributed by atoms with Crippen LogP contribution in [0.5, 0.6) is 0 Å². The van der Waals surface area contributed by atoms with Crippen LogP contribution in [0.3, 0.4) is 0 Å². The molecule has 0 spiro atoms. The van der Waals surface area contributed by atoms with Crippen molar-refractivity contribution >= 4 is 21.4 Å². The number of rotatable bonds is 1. The van der Waals surface area contributed by atoms with Crippen molar-refractivity contribution in [1.29, 1.82) is 0 Å². The third-order valence-electron chi connectivity index (χ3n) is 3.25. The summed E-state index contributed by atoms with van der Waals surface area (Å²) in [6.07, 6.45) is 7.40. The molecule has 0 amide bonds. The molecule has 2 aromatic rings. The van der Waals surface area contributed by atoms with Crippen LogP contribution >= 0.6 is 15.9 Å². The van der Waals surface area contributed by atoms with Gasteiger partial charge in [-0.2, -0.15) is 0 Å². The van der Waals surface area contributed by atoms with Crippen LogP contribution in [0.25, 0.3) is 5.52 Å². The minimum absolute atomic E-state index is 0.659. The van der Waals surface area contributed by atoms with Crippen molar-refractivity contribution < 1.29 is 0 Å². The van der Waals surface area contributed by atoms with Crippen molar-refractivity contribution in [2.45, 2.75) is 31.6 Å². The predicted octanol–water partition coefficient (Wildman–Crippen LogP) is 3.75. The number of imidazole rings is 1. The molecule has 2 nitrogen and oxygen atoms in total. The average Bonchev–Trinajstić information content (AvgIpc) is 2.87. The smallest absolute Gasteiger partial charge is 0.132 e. The van der Waals surface area contributed by atoms with Crippen molar-refractivity contribution in [3.8, 4) is 0 Å². The maximum Gasteiger partial charge on any atom is 0.132 e. The zero-order valence-corrected chi connectivity index (χ0v) is 10.1. The van der Waals surface area contributed by atoms with Gasteiger partial charge in [-0.3, -0.25) is 0 Å². The fourth-order valence-electron chi connectivity index (χ4n) is 2.49. The standard InChI is InChI=1S/C12H13BrN2/c13-11-10-7-3-4-8-15(10)12(14-11)9-5-1-2-6-9/h3-4,7-9H,1-2,5-6H2. The highest BCUT2D eigenvalue weighted by Gasteiger charge is 2.22. The van der Waals surface area contributed by atoms with Crippen molar-refractivity contribution in [1.82, 2.24) is 9.38 Å². The lowest BCUT2D eigenvalue weighted by atomic mass is 10.1. The molecule has 1 saturated carbocycles. The van der Waals surface area contributed by atoms with Crippen molar-refractivity contribution in [3.05, 3.63) is 34.8 Å². The van der Waals surface area contributed by atoms with E-state index in [1.54, 1.807) is 0 Å². The van der Waals surface area contributed by atoms with Gasteiger partial charge in [0.25, 0.3) is 0 Å². The monoisotopic (exact) mass is 264 g/mol. The molecule has 0 aliphatic heterocycles. The Morgan fingerprint density at radius 3 is 2.87 bits per heavy atom. The van der Waals surface area contributed by atoms with Crippen LogP contribution in [0.2, 0.25) is 0 Å². The molecule has 0 unspecified atom stereocenters. The Kier molecular flexibility index (Phi) is 2.28. The lowest BCUT2D eigenvalue weighted by Gasteiger charge is -2.06. The van der Waals surface area contributed by atoms with Crippen LogP contribution in [-0.2, 0) is 0 Å². The van der Waals surface area contributed by atoms with E-state index >= 15 is 0 Å². The Balaban J connectivity index is 2.17. The van der Waals surface area contributed by atoms with E-state index in [-0.39, 0.29) is 0 Å². The van der Waals surface area contributed by atoms with E-state index in [0.29, 0.717) is 5.92 Å². The third kappa shape index (κ3) is 1.49. The van der Waals surface area contributed by atoms with E-state index in [9.17, 15) is 0 Å². The summed E-state index contributed by atoms with van der Waals surface area (Å²) in [5.41, 5.74) is 1.18. The molecule has 3 heteroatoms. The molecular weight excluding hydrogens is 252 g/mol. The Hall–Kier alpha value is -0.830. The zero-order valence-electron chi connectivity index (χ0n) is 8.49. The second-order valence-electron chi connectivity index (χ2n) is 4.20. The molecule has 1 aliphatic carbocycles. The predicted molar refractivity (Wildman–Crippen MR) is 64.1 cm³/mol. The molecule has 78 valence electrons. The zero-order chi connectivity index (χ0) is 10.3. The maximum atomic E-state index is 4.65. The van der Waals surface area contributed by atoms with Crippen LogP contribution in [0, 0.1) is 0 Å². The Morgan fingerprint density at radius 2 is 2.07 bits per heavy atom. The van der Waals surface area contributed by atoms with E-state index in [1.165, 1.54) is 37.0 Å². The minimum Gasteiger partial charge on any atom is -0.302 e. The quantitative estimate of drug-likeness (QED) is 0.767. The summed E-state index contributed by atoms with van der Waals surface area (Å²) in [5.74, 6) is 1.89. The fraction of sp³-hybridized carbons (Fsp3) is 0.417. The average molecular weight is 265 g/mol. The van der Waals surface area contributed by atoms with E-state index < -0.39 is 0 Å². The van der Waals surface area contributed by atoms with Gasteiger partial charge < -0.3 is 4.40 Å². The summed E-state index contributed by atoms with van der Waals surface area (Å²) < 4.78 is 3.20. The normalized spacial score (nSPS) is 17.7. The first-order valence-corrected chi connectivity index (χ1v) is 6.28. The van der Waals surface area contributed by atoms with Gasteiger partial charge in [0.1, 0.15) is 10.4 Å². The van der Waals surface area contributed by atoms with Gasteiger partial charge >= 0.3 is 0 Å². The van der Waals surface area contributed by atoms with Crippen LogP contribution in [-0.4, -0.2) is 9.38 Å². The fourth-order valence-corrected chi connectivity index (χ4v) is 3.00. The number of aromatic nitrogens is 2. The van der Waals surface area contributed by atoms with Gasteiger partial charge in [0.2, 0.25) is 0 Å². The molecule has 0 saturated heterocycles. The van der Waals surface area contributed by atoms with Gasteiger partial charge in [-0.25, -0.2) is 4.98 Å². The highest BCUT2D eigenvalue weighted by atomic mass is 79.9. The van der Waals surface area contributed by atoms with E-state index in [0.717, 1.165) is 4.60 Å². The van der Waals surface area contributed by atoms with Crippen molar-refractivity contribution in [2.75, 3.05) is 0 Å². The Morgan fingerprint density at radius 1 is 1.27 bits per heavy atom. The Bertz CT molecular complexity index is 483. The van der Waals surface area contributed by atoms with Gasteiger partial charge in [0.05, 0.1) is 5.52 Å². The van der Waals surface area contributed by atoms with E-state index in [4.69, 9.17) is 0 Å². The summed E-state index contributed by atoms with van der Waals surface area (Å²) in [7, 11) is 0. The lowest BCUT2D eigenvalue weighted by molar-refractivity contribution is 0.664. The number of fused-ring (bicyclic) bond motifs is 1. The molecule has 1 aliphatic rings. The van der Waals surface area contributed by atoms with Crippen LogP contribution in [0.15, 0.2) is 29.0 Å². The highest BCUT2D eigenvalue weighted by Crippen LogP contribution is 2.35. The van der Waals surface area contributed by atoms with Gasteiger partial charge in [0, 0.05) is 12.1 Å². The SMILES string of the molecule is Brc1nc(C2CCCC2)n2ccccc12. The van der Waals surface area contributed by atoms with Gasteiger partial charge in [0.15, 0.2) is 0 Å².